The smallest absolute Gasteiger partial charge is 0.202 e. The Balaban J connectivity index is 2.25. The zero-order valence-electron chi connectivity index (χ0n) is 10.1. The summed E-state index contributed by atoms with van der Waals surface area (Å²) in [5.74, 6) is 0.280. The van der Waals surface area contributed by atoms with Crippen LogP contribution in [0.5, 0.6) is 11.8 Å². The first kappa shape index (κ1) is 11.2. The summed E-state index contributed by atoms with van der Waals surface area (Å²) in [6.45, 7) is 0.809. The van der Waals surface area contributed by atoms with Crippen LogP contribution < -0.4 is 5.73 Å². The number of hydrogen-bond donors (Lipinski definition) is 3. The molecule has 0 saturated heterocycles. The van der Waals surface area contributed by atoms with Crippen molar-refractivity contribution in [2.24, 2.45) is 5.73 Å². The lowest BCUT2D eigenvalue weighted by Crippen LogP contribution is -2.09. The van der Waals surface area contributed by atoms with Crippen molar-refractivity contribution in [3.05, 3.63) is 35.4 Å². The van der Waals surface area contributed by atoms with E-state index in [0.717, 1.165) is 29.5 Å². The molecule has 0 amide bonds. The van der Waals surface area contributed by atoms with E-state index in [1.54, 1.807) is 0 Å². The van der Waals surface area contributed by atoms with Gasteiger partial charge in [0.1, 0.15) is 0 Å². The molecule has 1 aromatic heterocycles. The van der Waals surface area contributed by atoms with Gasteiger partial charge in [-0.25, -0.2) is 0 Å². The highest BCUT2D eigenvalue weighted by Crippen LogP contribution is 2.45. The molecule has 1 aliphatic carbocycles. The summed E-state index contributed by atoms with van der Waals surface area (Å²) in [5.41, 5.74) is 9.34. The number of fused-ring (bicyclic) bond motifs is 3. The predicted octanol–water partition coefficient (Wildman–Crippen LogP) is 1.62. The molecule has 0 aliphatic heterocycles. The second-order valence-electron chi connectivity index (χ2n) is 4.60. The fraction of sp³-hybridized carbons (Fsp3) is 0.286. The van der Waals surface area contributed by atoms with Gasteiger partial charge in [-0.05, 0) is 24.0 Å². The number of rotatable bonds is 2. The van der Waals surface area contributed by atoms with E-state index < -0.39 is 0 Å². The second kappa shape index (κ2) is 4.07. The Bertz CT molecular complexity index is 602. The Labute approximate surface area is 105 Å². The third-order valence-corrected chi connectivity index (χ3v) is 3.59. The fourth-order valence-corrected chi connectivity index (χ4v) is 2.75. The number of nitrogens with zero attached hydrogens (tertiary/aromatic N) is 1. The van der Waals surface area contributed by atoms with Gasteiger partial charge in [0, 0.05) is 18.7 Å². The first-order chi connectivity index (χ1) is 8.74. The van der Waals surface area contributed by atoms with Crippen LogP contribution in [-0.2, 0) is 19.4 Å². The van der Waals surface area contributed by atoms with Crippen LogP contribution in [0, 0.1) is 0 Å². The van der Waals surface area contributed by atoms with Crippen LogP contribution in [0.1, 0.15) is 11.1 Å². The van der Waals surface area contributed by atoms with Gasteiger partial charge >= 0.3 is 0 Å². The lowest BCUT2D eigenvalue weighted by atomic mass is 9.88. The zero-order chi connectivity index (χ0) is 12.7. The van der Waals surface area contributed by atoms with E-state index in [9.17, 15) is 10.2 Å². The highest BCUT2D eigenvalue weighted by atomic mass is 16.3. The Morgan fingerprint density at radius 3 is 2.67 bits per heavy atom. The normalized spacial score (nSPS) is 13.2. The molecule has 2 aromatic rings. The van der Waals surface area contributed by atoms with Crippen LogP contribution in [0.25, 0.3) is 11.1 Å². The summed E-state index contributed by atoms with van der Waals surface area (Å²) < 4.78 is 1.49. The monoisotopic (exact) mass is 244 g/mol. The number of aryl methyl sites for hydroxylation is 1. The Morgan fingerprint density at radius 2 is 1.89 bits per heavy atom. The molecule has 0 saturated carbocycles. The van der Waals surface area contributed by atoms with Crippen molar-refractivity contribution < 1.29 is 10.2 Å². The van der Waals surface area contributed by atoms with Crippen LogP contribution >= 0.6 is 0 Å². The molecule has 0 radical (unpaired) electrons. The van der Waals surface area contributed by atoms with Gasteiger partial charge < -0.3 is 15.9 Å². The summed E-state index contributed by atoms with van der Waals surface area (Å²) in [5, 5.41) is 20.4. The molecule has 1 aliphatic rings. The lowest BCUT2D eigenvalue weighted by molar-refractivity contribution is 0.369. The summed E-state index contributed by atoms with van der Waals surface area (Å²) in [6.07, 6.45) is 1.64. The first-order valence-electron chi connectivity index (χ1n) is 6.15. The Hall–Kier alpha value is -1.94. The SMILES string of the molecule is NCCn1c(O)c2c(c1O)-c1ccccc1CC2. The number of nitrogens with two attached hydrogens (primary N) is 1. The first-order valence-corrected chi connectivity index (χ1v) is 6.15. The molecule has 4 N–H and O–H groups in total. The standard InChI is InChI=1S/C14H16N2O2/c15-7-8-16-13(17)11-6-5-9-3-1-2-4-10(9)12(11)14(16)18/h1-4,17-18H,5-8,15H2. The summed E-state index contributed by atoms with van der Waals surface area (Å²) >= 11 is 0. The van der Waals surface area contributed by atoms with Crippen LogP contribution in [-0.4, -0.2) is 21.3 Å². The van der Waals surface area contributed by atoms with Crippen molar-refractivity contribution in [1.82, 2.24) is 4.57 Å². The van der Waals surface area contributed by atoms with Crippen molar-refractivity contribution in [3.8, 4) is 22.9 Å². The van der Waals surface area contributed by atoms with Gasteiger partial charge in [-0.1, -0.05) is 24.3 Å². The van der Waals surface area contributed by atoms with Crippen LogP contribution in [0.15, 0.2) is 24.3 Å². The molecule has 4 nitrogen and oxygen atoms in total. The molecule has 18 heavy (non-hydrogen) atoms. The van der Waals surface area contributed by atoms with Gasteiger partial charge in [0.25, 0.3) is 0 Å². The van der Waals surface area contributed by atoms with Crippen molar-refractivity contribution >= 4 is 0 Å². The summed E-state index contributed by atoms with van der Waals surface area (Å²) in [7, 11) is 0. The molecule has 94 valence electrons. The van der Waals surface area contributed by atoms with Gasteiger partial charge in [-0.15, -0.1) is 0 Å². The Kier molecular flexibility index (Phi) is 2.52. The quantitative estimate of drug-likeness (QED) is 0.751. The minimum atomic E-state index is 0.125. The van der Waals surface area contributed by atoms with Gasteiger partial charge in [0.2, 0.25) is 5.88 Å². The number of aromatic hydroxyl groups is 2. The van der Waals surface area contributed by atoms with Gasteiger partial charge in [-0.3, -0.25) is 4.57 Å². The van der Waals surface area contributed by atoms with Gasteiger partial charge in [0.05, 0.1) is 5.56 Å². The van der Waals surface area contributed by atoms with Crippen LogP contribution in [0.2, 0.25) is 0 Å². The van der Waals surface area contributed by atoms with Crippen molar-refractivity contribution in [3.63, 3.8) is 0 Å². The van der Waals surface area contributed by atoms with E-state index in [1.165, 1.54) is 10.1 Å². The van der Waals surface area contributed by atoms with E-state index in [1.807, 2.05) is 18.2 Å². The van der Waals surface area contributed by atoms with Crippen molar-refractivity contribution in [2.45, 2.75) is 19.4 Å². The second-order valence-corrected chi connectivity index (χ2v) is 4.60. The van der Waals surface area contributed by atoms with E-state index in [4.69, 9.17) is 5.73 Å². The van der Waals surface area contributed by atoms with Gasteiger partial charge in [-0.2, -0.15) is 0 Å². The van der Waals surface area contributed by atoms with Crippen molar-refractivity contribution in [1.29, 1.82) is 0 Å². The summed E-state index contributed by atoms with van der Waals surface area (Å²) in [6, 6.07) is 8.00. The molecule has 1 heterocycles. The highest BCUT2D eigenvalue weighted by Gasteiger charge is 2.27. The number of benzene rings is 1. The average molecular weight is 244 g/mol. The van der Waals surface area contributed by atoms with E-state index in [0.29, 0.717) is 13.1 Å². The zero-order valence-corrected chi connectivity index (χ0v) is 10.1. The molecule has 0 fully saturated rings. The molecule has 0 bridgehead atoms. The topological polar surface area (TPSA) is 71.4 Å². The molecule has 0 spiro atoms. The maximum Gasteiger partial charge on any atom is 0.202 e. The third kappa shape index (κ3) is 1.42. The molecule has 0 unspecified atom stereocenters. The number of hydrogen-bond acceptors (Lipinski definition) is 3. The Morgan fingerprint density at radius 1 is 1.11 bits per heavy atom. The molecular weight excluding hydrogens is 228 g/mol. The van der Waals surface area contributed by atoms with Crippen molar-refractivity contribution in [2.75, 3.05) is 6.54 Å². The average Bonchev–Trinajstić information content (AvgIpc) is 2.64. The fourth-order valence-electron chi connectivity index (χ4n) is 2.75. The minimum absolute atomic E-state index is 0.125. The molecule has 3 rings (SSSR count). The van der Waals surface area contributed by atoms with E-state index >= 15 is 0 Å². The van der Waals surface area contributed by atoms with E-state index in [2.05, 4.69) is 6.07 Å². The maximum atomic E-state index is 10.3. The van der Waals surface area contributed by atoms with E-state index in [-0.39, 0.29) is 11.8 Å². The molecule has 0 atom stereocenters. The largest absolute Gasteiger partial charge is 0.494 e. The molecule has 4 heteroatoms. The lowest BCUT2D eigenvalue weighted by Gasteiger charge is -2.15. The molecular formula is C14H16N2O2. The van der Waals surface area contributed by atoms with Crippen LogP contribution in [0.3, 0.4) is 0 Å². The highest BCUT2D eigenvalue weighted by molar-refractivity contribution is 5.80. The summed E-state index contributed by atoms with van der Waals surface area (Å²) in [4.78, 5) is 0. The third-order valence-electron chi connectivity index (χ3n) is 3.59. The maximum absolute atomic E-state index is 10.3. The minimum Gasteiger partial charge on any atom is -0.494 e. The van der Waals surface area contributed by atoms with Crippen LogP contribution in [0.4, 0.5) is 0 Å². The molecule has 1 aromatic carbocycles. The number of aromatic nitrogens is 1. The van der Waals surface area contributed by atoms with Gasteiger partial charge in [0.15, 0.2) is 5.88 Å². The predicted molar refractivity (Wildman–Crippen MR) is 69.7 cm³/mol.